The molecule has 0 spiro atoms. The van der Waals surface area contributed by atoms with Crippen LogP contribution >= 0.6 is 11.8 Å². The maximum Gasteiger partial charge on any atom is 0.257 e. The van der Waals surface area contributed by atoms with Crippen LogP contribution in [0.15, 0.2) is 17.6 Å². The quantitative estimate of drug-likeness (QED) is 0.561. The van der Waals surface area contributed by atoms with E-state index < -0.39 is 0 Å². The highest BCUT2D eigenvalue weighted by Gasteiger charge is 2.18. The normalized spacial score (nSPS) is 16.2. The predicted molar refractivity (Wildman–Crippen MR) is 60.5 cm³/mol. The van der Waals surface area contributed by atoms with Gasteiger partial charge in [0.25, 0.3) is 5.91 Å². The summed E-state index contributed by atoms with van der Waals surface area (Å²) < 4.78 is 5.19. The lowest BCUT2D eigenvalue weighted by Crippen LogP contribution is -2.40. The molecule has 1 amide bonds. The van der Waals surface area contributed by atoms with Crippen molar-refractivity contribution in [2.24, 2.45) is 0 Å². The van der Waals surface area contributed by atoms with E-state index in [1.54, 1.807) is 17.3 Å². The molecular weight excluding hydrogens is 226 g/mol. The number of ether oxygens (including phenoxy) is 1. The summed E-state index contributed by atoms with van der Waals surface area (Å²) in [5.74, 6) is -0.0176. The highest BCUT2D eigenvalue weighted by Crippen LogP contribution is 2.09. The average Bonchev–Trinajstić information content (AvgIpc) is 2.39. The molecule has 0 atom stereocenters. The van der Waals surface area contributed by atoms with Gasteiger partial charge in [0.05, 0.1) is 18.8 Å². The number of carbonyl (C=O) groups is 1. The number of nitrogens with zero attached hydrogens (tertiary/aromatic N) is 3. The van der Waals surface area contributed by atoms with Crippen LogP contribution in [0.1, 0.15) is 10.4 Å². The first-order valence-electron chi connectivity index (χ1n) is 5.04. The van der Waals surface area contributed by atoms with Gasteiger partial charge in [-0.05, 0) is 6.26 Å². The lowest BCUT2D eigenvalue weighted by molar-refractivity contribution is 0.0302. The lowest BCUT2D eigenvalue weighted by atomic mass is 10.3. The molecule has 0 N–H and O–H groups in total. The van der Waals surface area contributed by atoms with Gasteiger partial charge >= 0.3 is 0 Å². The molecule has 0 saturated carbocycles. The Hall–Kier alpha value is -1.14. The van der Waals surface area contributed by atoms with Crippen molar-refractivity contribution < 1.29 is 9.53 Å². The van der Waals surface area contributed by atoms with Gasteiger partial charge in [0.2, 0.25) is 0 Å². The topological polar surface area (TPSA) is 55.3 Å². The van der Waals surface area contributed by atoms with Gasteiger partial charge in [-0.3, -0.25) is 4.79 Å². The van der Waals surface area contributed by atoms with Crippen molar-refractivity contribution in [2.45, 2.75) is 5.16 Å². The van der Waals surface area contributed by atoms with E-state index in [9.17, 15) is 4.79 Å². The van der Waals surface area contributed by atoms with E-state index in [1.807, 2.05) is 6.26 Å². The molecular formula is C10H13N3O2S. The standard InChI is InChI=1S/C10H13N3O2S/c1-16-10-11-6-8(7-12-10)9(14)13-2-4-15-5-3-13/h6-7H,2-5H2,1H3. The van der Waals surface area contributed by atoms with Crippen molar-refractivity contribution >= 4 is 17.7 Å². The number of hydrogen-bond acceptors (Lipinski definition) is 5. The fourth-order valence-corrected chi connectivity index (χ4v) is 1.80. The van der Waals surface area contributed by atoms with Gasteiger partial charge in [-0.15, -0.1) is 0 Å². The van der Waals surface area contributed by atoms with Gasteiger partial charge in [0, 0.05) is 25.5 Å². The van der Waals surface area contributed by atoms with Crippen molar-refractivity contribution in [2.75, 3.05) is 32.6 Å². The second kappa shape index (κ2) is 5.27. The number of aromatic nitrogens is 2. The summed E-state index contributed by atoms with van der Waals surface area (Å²) in [4.78, 5) is 21.9. The van der Waals surface area contributed by atoms with Gasteiger partial charge in [-0.2, -0.15) is 0 Å². The van der Waals surface area contributed by atoms with Gasteiger partial charge in [-0.1, -0.05) is 11.8 Å². The molecule has 6 heteroatoms. The van der Waals surface area contributed by atoms with E-state index in [0.29, 0.717) is 37.0 Å². The third-order valence-corrected chi connectivity index (χ3v) is 2.93. The summed E-state index contributed by atoms with van der Waals surface area (Å²) >= 11 is 1.46. The average molecular weight is 239 g/mol. The van der Waals surface area contributed by atoms with Crippen molar-refractivity contribution in [3.05, 3.63) is 18.0 Å². The van der Waals surface area contributed by atoms with Crippen LogP contribution in [-0.2, 0) is 4.74 Å². The summed E-state index contributed by atoms with van der Waals surface area (Å²) in [5, 5.41) is 0.679. The number of rotatable bonds is 2. The second-order valence-electron chi connectivity index (χ2n) is 3.36. The largest absolute Gasteiger partial charge is 0.378 e. The minimum atomic E-state index is -0.0176. The lowest BCUT2D eigenvalue weighted by Gasteiger charge is -2.26. The Morgan fingerprint density at radius 1 is 1.38 bits per heavy atom. The van der Waals surface area contributed by atoms with E-state index in [4.69, 9.17) is 4.74 Å². The predicted octanol–water partition coefficient (Wildman–Crippen LogP) is 0.671. The van der Waals surface area contributed by atoms with Crippen LogP contribution in [0.4, 0.5) is 0 Å². The molecule has 16 heavy (non-hydrogen) atoms. The van der Waals surface area contributed by atoms with E-state index in [0.717, 1.165) is 0 Å². The zero-order valence-corrected chi connectivity index (χ0v) is 9.87. The number of hydrogen-bond donors (Lipinski definition) is 0. The Morgan fingerprint density at radius 3 is 2.56 bits per heavy atom. The van der Waals surface area contributed by atoms with Gasteiger partial charge in [0.1, 0.15) is 0 Å². The van der Waals surface area contributed by atoms with Crippen molar-refractivity contribution in [1.82, 2.24) is 14.9 Å². The van der Waals surface area contributed by atoms with Crippen molar-refractivity contribution in [3.8, 4) is 0 Å². The fraction of sp³-hybridized carbons (Fsp3) is 0.500. The smallest absolute Gasteiger partial charge is 0.257 e. The number of thioether (sulfide) groups is 1. The third-order valence-electron chi connectivity index (χ3n) is 2.36. The molecule has 1 fully saturated rings. The van der Waals surface area contributed by atoms with Crippen LogP contribution in [0.25, 0.3) is 0 Å². The van der Waals surface area contributed by atoms with E-state index in [-0.39, 0.29) is 5.91 Å². The SMILES string of the molecule is CSc1ncc(C(=O)N2CCOCC2)cn1. The number of morpholine rings is 1. The monoisotopic (exact) mass is 239 g/mol. The fourth-order valence-electron chi connectivity index (χ4n) is 1.48. The van der Waals surface area contributed by atoms with Crippen LogP contribution in [0.5, 0.6) is 0 Å². The second-order valence-corrected chi connectivity index (χ2v) is 4.14. The molecule has 0 aromatic carbocycles. The Kier molecular flexibility index (Phi) is 3.74. The minimum absolute atomic E-state index is 0.0176. The molecule has 1 aromatic heterocycles. The van der Waals surface area contributed by atoms with E-state index in [2.05, 4.69) is 9.97 Å². The first-order chi connectivity index (χ1) is 7.81. The third kappa shape index (κ3) is 2.51. The first kappa shape index (κ1) is 11.3. The van der Waals surface area contributed by atoms with Crippen LogP contribution in [0.2, 0.25) is 0 Å². The first-order valence-corrected chi connectivity index (χ1v) is 6.27. The summed E-state index contributed by atoms with van der Waals surface area (Å²) in [6.07, 6.45) is 5.06. The zero-order chi connectivity index (χ0) is 11.4. The highest BCUT2D eigenvalue weighted by molar-refractivity contribution is 7.98. The summed E-state index contributed by atoms with van der Waals surface area (Å²) in [6, 6.07) is 0. The van der Waals surface area contributed by atoms with Crippen molar-refractivity contribution in [3.63, 3.8) is 0 Å². The van der Waals surface area contributed by atoms with E-state index in [1.165, 1.54) is 11.8 Å². The van der Waals surface area contributed by atoms with E-state index >= 15 is 0 Å². The molecule has 0 radical (unpaired) electrons. The Morgan fingerprint density at radius 2 is 2.00 bits per heavy atom. The minimum Gasteiger partial charge on any atom is -0.378 e. The number of amides is 1. The van der Waals surface area contributed by atoms with Gasteiger partial charge in [0.15, 0.2) is 5.16 Å². The molecule has 0 aliphatic carbocycles. The molecule has 0 unspecified atom stereocenters. The summed E-state index contributed by atoms with van der Waals surface area (Å²) in [7, 11) is 0. The molecule has 2 rings (SSSR count). The Labute approximate surface area is 98.2 Å². The number of carbonyl (C=O) groups excluding carboxylic acids is 1. The highest BCUT2D eigenvalue weighted by atomic mass is 32.2. The Bertz CT molecular complexity index is 363. The molecule has 1 saturated heterocycles. The molecule has 1 aliphatic heterocycles. The molecule has 5 nitrogen and oxygen atoms in total. The van der Waals surface area contributed by atoms with Crippen LogP contribution in [0, 0.1) is 0 Å². The maximum absolute atomic E-state index is 12.0. The van der Waals surface area contributed by atoms with Crippen LogP contribution in [0.3, 0.4) is 0 Å². The van der Waals surface area contributed by atoms with Gasteiger partial charge in [-0.25, -0.2) is 9.97 Å². The van der Waals surface area contributed by atoms with Crippen LogP contribution in [-0.4, -0.2) is 53.3 Å². The molecule has 1 aromatic rings. The molecule has 0 bridgehead atoms. The summed E-state index contributed by atoms with van der Waals surface area (Å²) in [5.41, 5.74) is 0.541. The summed E-state index contributed by atoms with van der Waals surface area (Å²) in [6.45, 7) is 2.50. The van der Waals surface area contributed by atoms with Crippen molar-refractivity contribution in [1.29, 1.82) is 0 Å². The molecule has 2 heterocycles. The Balaban J connectivity index is 2.07. The van der Waals surface area contributed by atoms with Crippen LogP contribution < -0.4 is 0 Å². The maximum atomic E-state index is 12.0. The molecule has 1 aliphatic rings. The molecule has 86 valence electrons. The van der Waals surface area contributed by atoms with Gasteiger partial charge < -0.3 is 9.64 Å². The zero-order valence-electron chi connectivity index (χ0n) is 9.05.